The summed E-state index contributed by atoms with van der Waals surface area (Å²) >= 11 is 0. The van der Waals surface area contributed by atoms with Crippen LogP contribution in [0.15, 0.2) is 0 Å². The monoisotopic (exact) mass is 233 g/mol. The number of primary amides is 1. The number of methoxy groups -OCH3 is 1. The number of rotatable bonds is 9. The number of carbonyl (C=O) groups excluding carboxylic acids is 2. The van der Waals surface area contributed by atoms with Crippen molar-refractivity contribution in [2.75, 3.05) is 33.4 Å². The van der Waals surface area contributed by atoms with Crippen LogP contribution >= 0.6 is 0 Å². The van der Waals surface area contributed by atoms with E-state index in [4.69, 9.17) is 20.9 Å². The van der Waals surface area contributed by atoms with Gasteiger partial charge >= 0.3 is 0 Å². The summed E-state index contributed by atoms with van der Waals surface area (Å²) in [6.07, 6.45) is -0.0606. The van der Waals surface area contributed by atoms with Gasteiger partial charge in [0.05, 0.1) is 19.1 Å². The molecule has 1 unspecified atom stereocenters. The summed E-state index contributed by atoms with van der Waals surface area (Å²) in [4.78, 5) is 21.6. The molecule has 0 heterocycles. The van der Waals surface area contributed by atoms with Crippen LogP contribution in [0.5, 0.6) is 0 Å². The molecule has 0 aromatic heterocycles. The van der Waals surface area contributed by atoms with Gasteiger partial charge in [0.1, 0.15) is 6.61 Å². The summed E-state index contributed by atoms with van der Waals surface area (Å²) < 4.78 is 9.81. The Hall–Kier alpha value is -1.18. The van der Waals surface area contributed by atoms with Crippen molar-refractivity contribution >= 4 is 11.8 Å². The summed E-state index contributed by atoms with van der Waals surface area (Å²) in [6, 6.07) is 0. The molecule has 1 atom stereocenters. The third-order valence-corrected chi connectivity index (χ3v) is 1.82. The molecule has 94 valence electrons. The Morgan fingerprint density at radius 2 is 2.12 bits per heavy atom. The van der Waals surface area contributed by atoms with Crippen LogP contribution in [-0.2, 0) is 19.1 Å². The molecule has 0 aliphatic heterocycles. The number of ether oxygens (including phenoxy) is 2. The topological polar surface area (TPSA) is 117 Å². The van der Waals surface area contributed by atoms with Crippen LogP contribution in [-0.4, -0.2) is 51.3 Å². The fourth-order valence-corrected chi connectivity index (χ4v) is 0.977. The number of hydrogen-bond donors (Lipinski definition) is 3. The van der Waals surface area contributed by atoms with E-state index in [1.807, 2.05) is 0 Å². The van der Waals surface area contributed by atoms with E-state index in [-0.39, 0.29) is 31.6 Å². The Bertz CT molecular complexity index is 219. The number of hydrogen-bond acceptors (Lipinski definition) is 5. The maximum absolute atomic E-state index is 11.3. The van der Waals surface area contributed by atoms with Crippen molar-refractivity contribution in [1.29, 1.82) is 0 Å². The highest BCUT2D eigenvalue weighted by atomic mass is 16.5. The third-order valence-electron chi connectivity index (χ3n) is 1.82. The Labute approximate surface area is 94.4 Å². The van der Waals surface area contributed by atoms with Crippen LogP contribution in [0.4, 0.5) is 0 Å². The lowest BCUT2D eigenvalue weighted by molar-refractivity contribution is -0.123. The van der Waals surface area contributed by atoms with E-state index in [0.717, 1.165) is 0 Å². The average Bonchev–Trinajstić information content (AvgIpc) is 2.25. The average molecular weight is 233 g/mol. The summed E-state index contributed by atoms with van der Waals surface area (Å²) in [6.45, 7) is 0.726. The fraction of sp³-hybridized carbons (Fsp3) is 0.778. The molecular weight excluding hydrogens is 214 g/mol. The molecule has 0 bridgehead atoms. The van der Waals surface area contributed by atoms with Gasteiger partial charge in [0, 0.05) is 20.2 Å². The standard InChI is InChI=1S/C9H19N3O4/c1-15-7(5-10)4-9(14)12-2-3-16-6-8(11)13/h7H,2-6,10H2,1H3,(H2,11,13)(H,12,14). The second kappa shape index (κ2) is 9.08. The van der Waals surface area contributed by atoms with Gasteiger partial charge in [-0.2, -0.15) is 0 Å². The lowest BCUT2D eigenvalue weighted by Gasteiger charge is -2.12. The summed E-state index contributed by atoms with van der Waals surface area (Å²) in [7, 11) is 1.50. The Morgan fingerprint density at radius 3 is 2.62 bits per heavy atom. The first-order valence-corrected chi connectivity index (χ1v) is 4.95. The van der Waals surface area contributed by atoms with E-state index in [0.29, 0.717) is 13.1 Å². The minimum atomic E-state index is -0.533. The van der Waals surface area contributed by atoms with Gasteiger partial charge in [-0.1, -0.05) is 0 Å². The molecule has 5 N–H and O–H groups in total. The van der Waals surface area contributed by atoms with Gasteiger partial charge in [0.25, 0.3) is 0 Å². The van der Waals surface area contributed by atoms with Crippen molar-refractivity contribution in [1.82, 2.24) is 5.32 Å². The van der Waals surface area contributed by atoms with E-state index >= 15 is 0 Å². The predicted octanol–water partition coefficient (Wildman–Crippen LogP) is -2.03. The van der Waals surface area contributed by atoms with Crippen LogP contribution in [0.1, 0.15) is 6.42 Å². The van der Waals surface area contributed by atoms with E-state index in [9.17, 15) is 9.59 Å². The lowest BCUT2D eigenvalue weighted by Crippen LogP contribution is -2.34. The SMILES string of the molecule is COC(CN)CC(=O)NCCOCC(N)=O. The second-order valence-electron chi connectivity index (χ2n) is 3.17. The summed E-state index contributed by atoms with van der Waals surface area (Å²) in [5.41, 5.74) is 10.2. The van der Waals surface area contributed by atoms with Crippen molar-refractivity contribution in [2.45, 2.75) is 12.5 Å². The van der Waals surface area contributed by atoms with Crippen LogP contribution in [0.3, 0.4) is 0 Å². The predicted molar refractivity (Wildman–Crippen MR) is 57.5 cm³/mol. The maximum atomic E-state index is 11.3. The van der Waals surface area contributed by atoms with E-state index in [2.05, 4.69) is 5.32 Å². The Morgan fingerprint density at radius 1 is 1.44 bits per heavy atom. The summed E-state index contributed by atoms with van der Waals surface area (Å²) in [5, 5.41) is 2.60. The number of carbonyl (C=O) groups is 2. The van der Waals surface area contributed by atoms with Gasteiger partial charge in [-0.25, -0.2) is 0 Å². The largest absolute Gasteiger partial charge is 0.380 e. The molecule has 0 rings (SSSR count). The van der Waals surface area contributed by atoms with Gasteiger partial charge in [-0.15, -0.1) is 0 Å². The van der Waals surface area contributed by atoms with E-state index in [1.54, 1.807) is 0 Å². The van der Waals surface area contributed by atoms with Crippen molar-refractivity contribution in [3.05, 3.63) is 0 Å². The zero-order valence-corrected chi connectivity index (χ0v) is 9.40. The number of amides is 2. The molecule has 0 aromatic rings. The van der Waals surface area contributed by atoms with Gasteiger partial charge in [0.15, 0.2) is 0 Å². The Balaban J connectivity index is 3.46. The molecule has 0 radical (unpaired) electrons. The Kier molecular flexibility index (Phi) is 8.41. The number of nitrogens with one attached hydrogen (secondary N) is 1. The van der Waals surface area contributed by atoms with Crippen molar-refractivity contribution < 1.29 is 19.1 Å². The van der Waals surface area contributed by atoms with Gasteiger partial charge in [-0.3, -0.25) is 9.59 Å². The van der Waals surface area contributed by atoms with Crippen LogP contribution in [0, 0.1) is 0 Å². The molecular formula is C9H19N3O4. The van der Waals surface area contributed by atoms with Gasteiger partial charge < -0.3 is 26.3 Å². The molecule has 0 saturated heterocycles. The molecule has 2 amide bonds. The molecule has 0 fully saturated rings. The van der Waals surface area contributed by atoms with Crippen LogP contribution in [0.25, 0.3) is 0 Å². The van der Waals surface area contributed by atoms with E-state index < -0.39 is 5.91 Å². The molecule has 0 aliphatic rings. The minimum absolute atomic E-state index is 0.140. The van der Waals surface area contributed by atoms with E-state index in [1.165, 1.54) is 7.11 Å². The third kappa shape index (κ3) is 8.16. The highest BCUT2D eigenvalue weighted by Gasteiger charge is 2.10. The molecule has 0 aromatic carbocycles. The minimum Gasteiger partial charge on any atom is -0.380 e. The first-order chi connectivity index (χ1) is 7.60. The highest BCUT2D eigenvalue weighted by Crippen LogP contribution is 1.93. The van der Waals surface area contributed by atoms with Gasteiger partial charge in [0.2, 0.25) is 11.8 Å². The van der Waals surface area contributed by atoms with Crippen LogP contribution in [0.2, 0.25) is 0 Å². The van der Waals surface area contributed by atoms with Crippen molar-refractivity contribution in [3.8, 4) is 0 Å². The molecule has 0 saturated carbocycles. The second-order valence-corrected chi connectivity index (χ2v) is 3.17. The molecule has 7 heteroatoms. The van der Waals surface area contributed by atoms with Crippen molar-refractivity contribution in [2.24, 2.45) is 11.5 Å². The highest BCUT2D eigenvalue weighted by molar-refractivity contribution is 5.76. The summed E-state index contributed by atoms with van der Waals surface area (Å²) in [5.74, 6) is -0.700. The maximum Gasteiger partial charge on any atom is 0.243 e. The first kappa shape index (κ1) is 14.8. The van der Waals surface area contributed by atoms with Gasteiger partial charge in [-0.05, 0) is 0 Å². The quantitative estimate of drug-likeness (QED) is 0.397. The lowest BCUT2D eigenvalue weighted by atomic mass is 10.2. The zero-order valence-electron chi connectivity index (χ0n) is 9.40. The smallest absolute Gasteiger partial charge is 0.243 e. The normalized spacial score (nSPS) is 12.1. The number of nitrogens with two attached hydrogens (primary N) is 2. The molecule has 0 spiro atoms. The fourth-order valence-electron chi connectivity index (χ4n) is 0.977. The molecule has 16 heavy (non-hydrogen) atoms. The first-order valence-electron chi connectivity index (χ1n) is 4.95. The molecule has 0 aliphatic carbocycles. The van der Waals surface area contributed by atoms with Crippen molar-refractivity contribution in [3.63, 3.8) is 0 Å². The molecule has 7 nitrogen and oxygen atoms in total. The van der Waals surface area contributed by atoms with Crippen LogP contribution < -0.4 is 16.8 Å². The zero-order chi connectivity index (χ0) is 12.4.